The first-order valence-corrected chi connectivity index (χ1v) is 8.65. The maximum Gasteiger partial charge on any atom is 0.261 e. The van der Waals surface area contributed by atoms with E-state index in [1.807, 2.05) is 18.4 Å². The maximum atomic E-state index is 13.3. The van der Waals surface area contributed by atoms with Crippen molar-refractivity contribution in [2.75, 3.05) is 0 Å². The molecule has 3 aromatic heterocycles. The Kier molecular flexibility index (Phi) is 4.18. The Morgan fingerprint density at radius 1 is 1.18 bits per heavy atom. The van der Waals surface area contributed by atoms with Crippen LogP contribution in [0.5, 0.6) is 0 Å². The van der Waals surface area contributed by atoms with Crippen LogP contribution >= 0.6 is 0 Å². The Bertz CT molecular complexity index is 1280. The average molecular weight is 380 g/mol. The predicted molar refractivity (Wildman–Crippen MR) is 100 cm³/mol. The second-order valence-corrected chi connectivity index (χ2v) is 6.68. The van der Waals surface area contributed by atoms with Crippen LogP contribution in [0, 0.1) is 26.6 Å². The minimum Gasteiger partial charge on any atom is -0.360 e. The van der Waals surface area contributed by atoms with Crippen molar-refractivity contribution in [3.8, 4) is 5.82 Å². The normalized spacial score (nSPS) is 11.3. The molecule has 0 atom stereocenters. The Labute approximate surface area is 159 Å². The lowest BCUT2D eigenvalue weighted by molar-refractivity contribution is 0.0970. The molecule has 7 nitrogen and oxygen atoms in total. The topological polar surface area (TPSA) is 82.9 Å². The quantitative estimate of drug-likeness (QED) is 0.508. The van der Waals surface area contributed by atoms with Gasteiger partial charge in [-0.1, -0.05) is 5.16 Å². The third kappa shape index (κ3) is 2.92. The van der Waals surface area contributed by atoms with Crippen molar-refractivity contribution >= 4 is 16.7 Å². The van der Waals surface area contributed by atoms with Gasteiger partial charge in [-0.25, -0.2) is 9.37 Å². The van der Waals surface area contributed by atoms with E-state index >= 15 is 0 Å². The fourth-order valence-electron chi connectivity index (χ4n) is 3.34. The van der Waals surface area contributed by atoms with Gasteiger partial charge >= 0.3 is 0 Å². The lowest BCUT2D eigenvalue weighted by Gasteiger charge is -2.07. The molecule has 0 aliphatic rings. The van der Waals surface area contributed by atoms with E-state index in [1.54, 1.807) is 19.1 Å². The number of hydrogen-bond donors (Lipinski definition) is 0. The van der Waals surface area contributed by atoms with Gasteiger partial charge in [0.05, 0.1) is 23.8 Å². The summed E-state index contributed by atoms with van der Waals surface area (Å²) in [6.45, 7) is 5.31. The summed E-state index contributed by atoms with van der Waals surface area (Å²) in [7, 11) is 0. The highest BCUT2D eigenvalue weighted by molar-refractivity contribution is 5.97. The zero-order valence-electron chi connectivity index (χ0n) is 15.6. The van der Waals surface area contributed by atoms with Crippen LogP contribution in [0.1, 0.15) is 27.5 Å². The Morgan fingerprint density at radius 2 is 1.96 bits per heavy atom. The standard InChI is InChI=1S/C20H17FN4O3/c1-11-6-16(13(3)25(11)19-7-12(2)28-23-19)18(26)9-24-10-22-17-8-14(21)4-5-15(17)20(24)27/h4-8,10H,9H2,1-3H3. The van der Waals surface area contributed by atoms with Crippen LogP contribution in [-0.4, -0.2) is 25.1 Å². The number of rotatable bonds is 4. The Morgan fingerprint density at radius 3 is 2.68 bits per heavy atom. The van der Waals surface area contributed by atoms with Crippen LogP contribution in [0.25, 0.3) is 16.7 Å². The first kappa shape index (κ1) is 17.8. The zero-order valence-corrected chi connectivity index (χ0v) is 15.6. The monoisotopic (exact) mass is 380 g/mol. The van der Waals surface area contributed by atoms with Crippen molar-refractivity contribution in [1.29, 1.82) is 0 Å². The lowest BCUT2D eigenvalue weighted by atomic mass is 10.1. The summed E-state index contributed by atoms with van der Waals surface area (Å²) in [6.07, 6.45) is 1.27. The Balaban J connectivity index is 1.70. The fraction of sp³-hybridized carbons (Fsp3) is 0.200. The molecule has 0 spiro atoms. The highest BCUT2D eigenvalue weighted by Gasteiger charge is 2.19. The van der Waals surface area contributed by atoms with Crippen LogP contribution < -0.4 is 5.56 Å². The van der Waals surface area contributed by atoms with Gasteiger partial charge in [-0.05, 0) is 39.0 Å². The van der Waals surface area contributed by atoms with E-state index in [0.717, 1.165) is 5.69 Å². The number of hydrogen-bond acceptors (Lipinski definition) is 5. The molecule has 1 aromatic carbocycles. The number of Topliss-reactive ketones (excluding diaryl/α,β-unsaturated/α-hetero) is 1. The molecule has 28 heavy (non-hydrogen) atoms. The number of aromatic nitrogens is 4. The van der Waals surface area contributed by atoms with E-state index in [9.17, 15) is 14.0 Å². The number of nitrogens with zero attached hydrogens (tertiary/aromatic N) is 4. The predicted octanol–water partition coefficient (Wildman–Crippen LogP) is 3.12. The molecule has 0 unspecified atom stereocenters. The van der Waals surface area contributed by atoms with Gasteiger partial charge in [0.2, 0.25) is 0 Å². The van der Waals surface area contributed by atoms with Gasteiger partial charge in [-0.3, -0.25) is 18.7 Å². The van der Waals surface area contributed by atoms with Gasteiger partial charge in [0.25, 0.3) is 5.56 Å². The molecule has 0 fully saturated rings. The fourth-order valence-corrected chi connectivity index (χ4v) is 3.34. The number of carbonyl (C=O) groups is 1. The number of fused-ring (bicyclic) bond motifs is 1. The Hall–Kier alpha value is -3.55. The third-order valence-corrected chi connectivity index (χ3v) is 4.68. The second-order valence-electron chi connectivity index (χ2n) is 6.68. The molecular weight excluding hydrogens is 363 g/mol. The van der Waals surface area contributed by atoms with E-state index in [2.05, 4.69) is 10.1 Å². The first-order valence-electron chi connectivity index (χ1n) is 8.65. The maximum absolute atomic E-state index is 13.3. The number of carbonyl (C=O) groups excluding carboxylic acids is 1. The van der Waals surface area contributed by atoms with Crippen molar-refractivity contribution < 1.29 is 13.7 Å². The highest BCUT2D eigenvalue weighted by atomic mass is 19.1. The number of aryl methyl sites for hydroxylation is 2. The van der Waals surface area contributed by atoms with Gasteiger partial charge in [-0.2, -0.15) is 0 Å². The number of halogens is 1. The van der Waals surface area contributed by atoms with Crippen molar-refractivity contribution in [1.82, 2.24) is 19.3 Å². The van der Waals surface area contributed by atoms with Crippen LogP contribution in [0.3, 0.4) is 0 Å². The number of benzene rings is 1. The van der Waals surface area contributed by atoms with E-state index < -0.39 is 5.82 Å². The summed E-state index contributed by atoms with van der Waals surface area (Å²) >= 11 is 0. The van der Waals surface area contributed by atoms with Gasteiger partial charge in [-0.15, -0.1) is 0 Å². The summed E-state index contributed by atoms with van der Waals surface area (Å²) in [4.78, 5) is 29.6. The summed E-state index contributed by atoms with van der Waals surface area (Å²) in [5, 5.41) is 4.26. The van der Waals surface area contributed by atoms with Crippen molar-refractivity contribution in [2.45, 2.75) is 27.3 Å². The molecule has 0 N–H and O–H groups in total. The van der Waals surface area contributed by atoms with Gasteiger partial charge in [0.15, 0.2) is 11.6 Å². The van der Waals surface area contributed by atoms with Gasteiger partial charge in [0, 0.05) is 29.1 Å². The van der Waals surface area contributed by atoms with E-state index in [4.69, 9.17) is 4.52 Å². The summed E-state index contributed by atoms with van der Waals surface area (Å²) in [5.41, 5.74) is 1.89. The average Bonchev–Trinajstić information content (AvgIpc) is 3.19. The van der Waals surface area contributed by atoms with Crippen molar-refractivity contribution in [2.24, 2.45) is 0 Å². The molecule has 0 saturated carbocycles. The molecule has 0 amide bonds. The minimum atomic E-state index is -0.469. The molecular formula is C20H17FN4O3. The van der Waals surface area contributed by atoms with Crippen LogP contribution in [0.15, 0.2) is 46.0 Å². The highest BCUT2D eigenvalue weighted by Crippen LogP contribution is 2.21. The third-order valence-electron chi connectivity index (χ3n) is 4.68. The first-order chi connectivity index (χ1) is 13.3. The molecule has 0 aliphatic carbocycles. The van der Waals surface area contributed by atoms with Crippen LogP contribution in [0.4, 0.5) is 4.39 Å². The van der Waals surface area contributed by atoms with E-state index in [-0.39, 0.29) is 28.8 Å². The molecule has 3 heterocycles. The van der Waals surface area contributed by atoms with Crippen LogP contribution in [-0.2, 0) is 6.54 Å². The molecule has 0 radical (unpaired) electrons. The van der Waals surface area contributed by atoms with Crippen LogP contribution in [0.2, 0.25) is 0 Å². The summed E-state index contributed by atoms with van der Waals surface area (Å²) in [6, 6.07) is 7.31. The van der Waals surface area contributed by atoms with E-state index in [0.29, 0.717) is 22.8 Å². The number of ketones is 1. The molecule has 0 aliphatic heterocycles. The molecule has 4 rings (SSSR count). The zero-order chi connectivity index (χ0) is 20.0. The molecule has 142 valence electrons. The molecule has 0 saturated heterocycles. The van der Waals surface area contributed by atoms with E-state index in [1.165, 1.54) is 29.1 Å². The smallest absolute Gasteiger partial charge is 0.261 e. The largest absolute Gasteiger partial charge is 0.360 e. The molecule has 0 bridgehead atoms. The van der Waals surface area contributed by atoms with Gasteiger partial charge in [0.1, 0.15) is 11.6 Å². The van der Waals surface area contributed by atoms with Crippen molar-refractivity contribution in [3.63, 3.8) is 0 Å². The molecule has 4 aromatic rings. The summed E-state index contributed by atoms with van der Waals surface area (Å²) in [5.74, 6) is 0.562. The summed E-state index contributed by atoms with van der Waals surface area (Å²) < 4.78 is 21.5. The minimum absolute atomic E-state index is 0.165. The lowest BCUT2D eigenvalue weighted by Crippen LogP contribution is -2.25. The SMILES string of the molecule is Cc1cc(-n2c(C)cc(C(=O)Cn3cnc4cc(F)ccc4c3=O)c2C)no1. The molecule has 8 heteroatoms. The second kappa shape index (κ2) is 6.56. The van der Waals surface area contributed by atoms with Crippen molar-refractivity contribution in [3.05, 3.63) is 75.5 Å². The van der Waals surface area contributed by atoms with Gasteiger partial charge < -0.3 is 4.52 Å².